The van der Waals surface area contributed by atoms with Crippen LogP contribution < -0.4 is 10.5 Å². The Hall–Kier alpha value is -1.78. The number of aromatic nitrogens is 1. The van der Waals surface area contributed by atoms with E-state index in [2.05, 4.69) is 4.98 Å². The van der Waals surface area contributed by atoms with Crippen molar-refractivity contribution in [1.29, 1.82) is 0 Å². The van der Waals surface area contributed by atoms with E-state index < -0.39 is 5.97 Å². The Labute approximate surface area is 99.6 Å². The molecule has 0 radical (unpaired) electrons. The summed E-state index contributed by atoms with van der Waals surface area (Å²) in [6.07, 6.45) is 4.51. The molecule has 0 atom stereocenters. The summed E-state index contributed by atoms with van der Waals surface area (Å²) < 4.78 is 5.68. The van der Waals surface area contributed by atoms with E-state index in [1.807, 2.05) is 0 Å². The molecule has 0 unspecified atom stereocenters. The van der Waals surface area contributed by atoms with Gasteiger partial charge in [0.2, 0.25) is 5.88 Å². The van der Waals surface area contributed by atoms with Crippen LogP contribution in [0.1, 0.15) is 25.7 Å². The van der Waals surface area contributed by atoms with Gasteiger partial charge in [-0.3, -0.25) is 4.79 Å². The molecule has 1 aromatic rings. The van der Waals surface area contributed by atoms with Gasteiger partial charge in [0, 0.05) is 6.07 Å². The van der Waals surface area contributed by atoms with Crippen molar-refractivity contribution < 1.29 is 14.6 Å². The first kappa shape index (κ1) is 11.7. The standard InChI is InChI=1S/C12H16N2O3/c13-9-3-6-11(14-7-9)17-10-4-1-8(2-5-10)12(15)16/h3,6-8,10H,1-2,4-5,13H2,(H,15,16). The Morgan fingerprint density at radius 2 is 2.06 bits per heavy atom. The maximum absolute atomic E-state index is 10.8. The van der Waals surface area contributed by atoms with Gasteiger partial charge in [0.05, 0.1) is 17.8 Å². The lowest BCUT2D eigenvalue weighted by molar-refractivity contribution is -0.143. The number of aliphatic carboxylic acids is 1. The lowest BCUT2D eigenvalue weighted by atomic mass is 9.87. The third-order valence-corrected chi connectivity index (χ3v) is 3.07. The molecule has 0 spiro atoms. The lowest BCUT2D eigenvalue weighted by Crippen LogP contribution is -2.28. The molecule has 0 amide bonds. The highest BCUT2D eigenvalue weighted by Crippen LogP contribution is 2.27. The molecule has 17 heavy (non-hydrogen) atoms. The summed E-state index contributed by atoms with van der Waals surface area (Å²) in [5.74, 6) is -0.360. The number of carboxylic acids is 1. The number of hydrogen-bond donors (Lipinski definition) is 2. The van der Waals surface area contributed by atoms with E-state index in [1.165, 1.54) is 0 Å². The number of rotatable bonds is 3. The number of hydrogen-bond acceptors (Lipinski definition) is 4. The summed E-state index contributed by atoms with van der Waals surface area (Å²) in [6, 6.07) is 3.48. The largest absolute Gasteiger partial charge is 0.481 e. The molecule has 0 saturated heterocycles. The molecule has 92 valence electrons. The van der Waals surface area contributed by atoms with Crippen molar-refractivity contribution >= 4 is 11.7 Å². The van der Waals surface area contributed by atoms with Crippen LogP contribution in [0.5, 0.6) is 5.88 Å². The number of nitrogen functional groups attached to an aromatic ring is 1. The minimum Gasteiger partial charge on any atom is -0.481 e. The maximum Gasteiger partial charge on any atom is 0.306 e. The monoisotopic (exact) mass is 236 g/mol. The summed E-state index contributed by atoms with van der Waals surface area (Å²) >= 11 is 0. The zero-order valence-electron chi connectivity index (χ0n) is 9.50. The Bertz CT molecular complexity index is 383. The molecule has 1 aromatic heterocycles. The molecule has 3 N–H and O–H groups in total. The van der Waals surface area contributed by atoms with Gasteiger partial charge in [-0.2, -0.15) is 0 Å². The highest BCUT2D eigenvalue weighted by Gasteiger charge is 2.26. The van der Waals surface area contributed by atoms with Crippen LogP contribution in [0.25, 0.3) is 0 Å². The molecule has 1 aliphatic carbocycles. The Morgan fingerprint density at radius 3 is 2.59 bits per heavy atom. The molecular weight excluding hydrogens is 220 g/mol. The molecule has 1 aliphatic rings. The van der Waals surface area contributed by atoms with E-state index in [0.717, 1.165) is 12.8 Å². The summed E-state index contributed by atoms with van der Waals surface area (Å²) in [5, 5.41) is 8.88. The van der Waals surface area contributed by atoms with Crippen molar-refractivity contribution in [2.24, 2.45) is 5.92 Å². The predicted molar refractivity (Wildman–Crippen MR) is 62.7 cm³/mol. The summed E-state index contributed by atoms with van der Waals surface area (Å²) in [4.78, 5) is 14.9. The number of pyridine rings is 1. The summed E-state index contributed by atoms with van der Waals surface area (Å²) in [5.41, 5.74) is 6.13. The van der Waals surface area contributed by atoms with Crippen molar-refractivity contribution in [1.82, 2.24) is 4.98 Å². The van der Waals surface area contributed by atoms with Crippen molar-refractivity contribution in [2.45, 2.75) is 31.8 Å². The fourth-order valence-corrected chi connectivity index (χ4v) is 2.06. The second-order valence-corrected chi connectivity index (χ2v) is 4.36. The predicted octanol–water partition coefficient (Wildman–Crippen LogP) is 1.69. The highest BCUT2D eigenvalue weighted by molar-refractivity contribution is 5.70. The van der Waals surface area contributed by atoms with Crippen LogP contribution in [0, 0.1) is 5.92 Å². The summed E-state index contributed by atoms with van der Waals surface area (Å²) in [6.45, 7) is 0. The zero-order chi connectivity index (χ0) is 12.3. The average Bonchev–Trinajstić information content (AvgIpc) is 2.33. The van der Waals surface area contributed by atoms with Crippen LogP contribution in [0.2, 0.25) is 0 Å². The lowest BCUT2D eigenvalue weighted by Gasteiger charge is -2.26. The minimum absolute atomic E-state index is 0.0710. The summed E-state index contributed by atoms with van der Waals surface area (Å²) in [7, 11) is 0. The molecule has 1 saturated carbocycles. The molecule has 5 nitrogen and oxygen atoms in total. The maximum atomic E-state index is 10.8. The number of nitrogens with two attached hydrogens (primary N) is 1. The smallest absolute Gasteiger partial charge is 0.306 e. The third-order valence-electron chi connectivity index (χ3n) is 3.07. The molecular formula is C12H16N2O3. The molecule has 2 rings (SSSR count). The van der Waals surface area contributed by atoms with E-state index in [9.17, 15) is 4.79 Å². The van der Waals surface area contributed by atoms with Gasteiger partial charge >= 0.3 is 5.97 Å². The molecule has 1 heterocycles. The van der Waals surface area contributed by atoms with Gasteiger partial charge in [-0.15, -0.1) is 0 Å². The van der Waals surface area contributed by atoms with Crippen molar-refractivity contribution in [3.05, 3.63) is 18.3 Å². The van der Waals surface area contributed by atoms with E-state index in [4.69, 9.17) is 15.6 Å². The van der Waals surface area contributed by atoms with Crippen LogP contribution >= 0.6 is 0 Å². The fourth-order valence-electron chi connectivity index (χ4n) is 2.06. The first-order valence-electron chi connectivity index (χ1n) is 5.76. The van der Waals surface area contributed by atoms with Crippen LogP contribution in [0.15, 0.2) is 18.3 Å². The Kier molecular flexibility index (Phi) is 3.46. The van der Waals surface area contributed by atoms with E-state index >= 15 is 0 Å². The average molecular weight is 236 g/mol. The minimum atomic E-state index is -0.700. The van der Waals surface area contributed by atoms with Crippen LogP contribution in [-0.2, 0) is 4.79 Å². The first-order valence-corrected chi connectivity index (χ1v) is 5.76. The van der Waals surface area contributed by atoms with E-state index in [1.54, 1.807) is 18.3 Å². The molecule has 0 bridgehead atoms. The molecule has 0 aromatic carbocycles. The molecule has 5 heteroatoms. The zero-order valence-corrected chi connectivity index (χ0v) is 9.50. The van der Waals surface area contributed by atoms with Gasteiger partial charge in [0.25, 0.3) is 0 Å². The van der Waals surface area contributed by atoms with Gasteiger partial charge in [-0.05, 0) is 31.7 Å². The first-order chi connectivity index (χ1) is 8.15. The van der Waals surface area contributed by atoms with Crippen LogP contribution in [0.4, 0.5) is 5.69 Å². The second-order valence-electron chi connectivity index (χ2n) is 4.36. The van der Waals surface area contributed by atoms with Gasteiger partial charge in [-0.1, -0.05) is 0 Å². The normalized spacial score (nSPS) is 24.2. The number of carbonyl (C=O) groups is 1. The van der Waals surface area contributed by atoms with E-state index in [0.29, 0.717) is 24.4 Å². The van der Waals surface area contributed by atoms with E-state index in [-0.39, 0.29) is 12.0 Å². The number of nitrogens with zero attached hydrogens (tertiary/aromatic N) is 1. The van der Waals surface area contributed by atoms with Gasteiger partial charge in [0.15, 0.2) is 0 Å². The molecule has 1 fully saturated rings. The van der Waals surface area contributed by atoms with Crippen molar-refractivity contribution in [3.63, 3.8) is 0 Å². The third kappa shape index (κ3) is 3.09. The number of ether oxygens (including phenoxy) is 1. The van der Waals surface area contributed by atoms with Gasteiger partial charge in [0.1, 0.15) is 6.10 Å². The quantitative estimate of drug-likeness (QED) is 0.834. The second kappa shape index (κ2) is 5.03. The topological polar surface area (TPSA) is 85.4 Å². The Balaban J connectivity index is 1.85. The number of carboxylic acid groups (broad SMARTS) is 1. The molecule has 0 aliphatic heterocycles. The highest BCUT2D eigenvalue weighted by atomic mass is 16.5. The van der Waals surface area contributed by atoms with Gasteiger partial charge < -0.3 is 15.6 Å². The van der Waals surface area contributed by atoms with Crippen LogP contribution in [0.3, 0.4) is 0 Å². The van der Waals surface area contributed by atoms with Crippen molar-refractivity contribution in [2.75, 3.05) is 5.73 Å². The van der Waals surface area contributed by atoms with Crippen LogP contribution in [-0.4, -0.2) is 22.2 Å². The SMILES string of the molecule is Nc1ccc(OC2CCC(C(=O)O)CC2)nc1. The fraction of sp³-hybridized carbons (Fsp3) is 0.500. The Morgan fingerprint density at radius 1 is 1.35 bits per heavy atom. The van der Waals surface area contributed by atoms with Crippen molar-refractivity contribution in [3.8, 4) is 5.88 Å². The van der Waals surface area contributed by atoms with Gasteiger partial charge in [-0.25, -0.2) is 4.98 Å². The number of anilines is 1.